The average molecular weight is 205 g/mol. The minimum atomic E-state index is 0.0563. The van der Waals surface area contributed by atoms with Gasteiger partial charge in [-0.3, -0.25) is 4.79 Å². The van der Waals surface area contributed by atoms with Gasteiger partial charge in [-0.2, -0.15) is 4.80 Å². The van der Waals surface area contributed by atoms with Crippen molar-refractivity contribution in [3.05, 3.63) is 29.8 Å². The maximum absolute atomic E-state index is 11.1. The summed E-state index contributed by atoms with van der Waals surface area (Å²) in [6.45, 7) is 2.07. The van der Waals surface area contributed by atoms with Gasteiger partial charge in [0, 0.05) is 18.0 Å². The highest BCUT2D eigenvalue weighted by Gasteiger charge is 2.04. The van der Waals surface area contributed by atoms with Crippen LogP contribution in [0.2, 0.25) is 0 Å². The summed E-state index contributed by atoms with van der Waals surface area (Å²) >= 11 is 0. The van der Waals surface area contributed by atoms with E-state index in [1.807, 2.05) is 10.8 Å². The Kier molecular flexibility index (Phi) is 2.32. The maximum Gasteiger partial charge on any atom is 0.194 e. The summed E-state index contributed by atoms with van der Waals surface area (Å²) in [6.07, 6.45) is 3.60. The number of aromatic nitrogens is 5. The zero-order valence-electron chi connectivity index (χ0n) is 8.58. The Balaban J connectivity index is 2.14. The molecule has 0 saturated carbocycles. The second-order valence-corrected chi connectivity index (χ2v) is 3.32. The Bertz CT molecular complexity index is 484. The minimum absolute atomic E-state index is 0.0563. The number of Topliss-reactive ketones (excluding diaryl/α,β-unsaturated/α-hetero) is 1. The third-order valence-electron chi connectivity index (χ3n) is 2.03. The SMILES string of the molecule is CC(=O)c1ccn(Cc2nnn(C)n2)c1. The van der Waals surface area contributed by atoms with Gasteiger partial charge in [0.05, 0.1) is 13.6 Å². The van der Waals surface area contributed by atoms with Crippen molar-refractivity contribution in [3.8, 4) is 0 Å². The van der Waals surface area contributed by atoms with Crippen LogP contribution in [0.3, 0.4) is 0 Å². The molecule has 0 radical (unpaired) electrons. The van der Waals surface area contributed by atoms with Crippen molar-refractivity contribution in [1.82, 2.24) is 24.8 Å². The molecule has 0 amide bonds. The van der Waals surface area contributed by atoms with Crippen LogP contribution in [0.5, 0.6) is 0 Å². The molecule has 2 heterocycles. The van der Waals surface area contributed by atoms with Crippen LogP contribution in [-0.2, 0) is 13.6 Å². The van der Waals surface area contributed by atoms with Crippen LogP contribution in [-0.4, -0.2) is 30.6 Å². The summed E-state index contributed by atoms with van der Waals surface area (Å²) in [5.41, 5.74) is 0.693. The van der Waals surface area contributed by atoms with E-state index < -0.39 is 0 Å². The number of rotatable bonds is 3. The zero-order chi connectivity index (χ0) is 10.8. The monoisotopic (exact) mass is 205 g/mol. The van der Waals surface area contributed by atoms with Gasteiger partial charge in [-0.15, -0.1) is 10.2 Å². The van der Waals surface area contributed by atoms with Crippen LogP contribution >= 0.6 is 0 Å². The molecule has 2 aromatic heterocycles. The van der Waals surface area contributed by atoms with Gasteiger partial charge in [0.15, 0.2) is 11.6 Å². The Morgan fingerprint density at radius 3 is 2.87 bits per heavy atom. The lowest BCUT2D eigenvalue weighted by molar-refractivity contribution is 0.101. The lowest BCUT2D eigenvalue weighted by Gasteiger charge is -1.95. The van der Waals surface area contributed by atoms with E-state index in [0.717, 1.165) is 0 Å². The number of carbonyl (C=O) groups excluding carboxylic acids is 1. The molecule has 0 aromatic carbocycles. The lowest BCUT2D eigenvalue weighted by Crippen LogP contribution is -2.00. The first-order valence-electron chi connectivity index (χ1n) is 4.55. The molecule has 0 bridgehead atoms. The van der Waals surface area contributed by atoms with Crippen LogP contribution in [0.1, 0.15) is 23.1 Å². The average Bonchev–Trinajstić information content (AvgIpc) is 2.76. The van der Waals surface area contributed by atoms with Crippen LogP contribution in [0.15, 0.2) is 18.5 Å². The summed E-state index contributed by atoms with van der Waals surface area (Å²) in [4.78, 5) is 12.5. The summed E-state index contributed by atoms with van der Waals surface area (Å²) in [5, 5.41) is 11.6. The number of carbonyl (C=O) groups is 1. The Labute approximate surface area is 86.5 Å². The lowest BCUT2D eigenvalue weighted by atomic mass is 10.2. The van der Waals surface area contributed by atoms with E-state index in [9.17, 15) is 4.79 Å². The van der Waals surface area contributed by atoms with Gasteiger partial charge in [0.2, 0.25) is 0 Å². The molecular weight excluding hydrogens is 194 g/mol. The fourth-order valence-corrected chi connectivity index (χ4v) is 1.30. The number of ketones is 1. The number of hydrogen-bond acceptors (Lipinski definition) is 4. The number of hydrogen-bond donors (Lipinski definition) is 0. The Morgan fingerprint density at radius 2 is 2.33 bits per heavy atom. The molecule has 0 aliphatic carbocycles. The third-order valence-corrected chi connectivity index (χ3v) is 2.03. The van der Waals surface area contributed by atoms with Crippen molar-refractivity contribution in [2.45, 2.75) is 13.5 Å². The maximum atomic E-state index is 11.1. The largest absolute Gasteiger partial charge is 0.346 e. The first kappa shape index (κ1) is 9.57. The van der Waals surface area contributed by atoms with E-state index in [1.54, 1.807) is 26.2 Å². The third kappa shape index (κ3) is 2.09. The minimum Gasteiger partial charge on any atom is -0.346 e. The molecule has 0 fully saturated rings. The summed E-state index contributed by atoms with van der Waals surface area (Å²) < 4.78 is 1.85. The molecule has 0 aliphatic rings. The Hall–Kier alpha value is -1.98. The molecule has 6 nitrogen and oxygen atoms in total. The summed E-state index contributed by atoms with van der Waals surface area (Å²) in [5.74, 6) is 0.684. The van der Waals surface area contributed by atoms with Crippen LogP contribution < -0.4 is 0 Å². The predicted octanol–water partition coefficient (Wildman–Crippen LogP) is 0.262. The van der Waals surface area contributed by atoms with Gasteiger partial charge in [0.1, 0.15) is 0 Å². The van der Waals surface area contributed by atoms with E-state index >= 15 is 0 Å². The fourth-order valence-electron chi connectivity index (χ4n) is 1.30. The van der Waals surface area contributed by atoms with Crippen LogP contribution in [0.25, 0.3) is 0 Å². The van der Waals surface area contributed by atoms with Crippen molar-refractivity contribution in [3.63, 3.8) is 0 Å². The molecule has 2 aromatic rings. The van der Waals surface area contributed by atoms with E-state index in [0.29, 0.717) is 17.9 Å². The first-order valence-corrected chi connectivity index (χ1v) is 4.55. The van der Waals surface area contributed by atoms with Gasteiger partial charge in [-0.25, -0.2) is 0 Å². The van der Waals surface area contributed by atoms with E-state index in [4.69, 9.17) is 0 Å². The van der Waals surface area contributed by atoms with E-state index in [1.165, 1.54) is 4.80 Å². The van der Waals surface area contributed by atoms with Gasteiger partial charge < -0.3 is 4.57 Å². The summed E-state index contributed by atoms with van der Waals surface area (Å²) in [7, 11) is 1.72. The molecule has 0 atom stereocenters. The van der Waals surface area contributed by atoms with Gasteiger partial charge >= 0.3 is 0 Å². The molecule has 2 rings (SSSR count). The van der Waals surface area contributed by atoms with E-state index in [2.05, 4.69) is 15.4 Å². The van der Waals surface area contributed by atoms with Crippen molar-refractivity contribution in [1.29, 1.82) is 0 Å². The second-order valence-electron chi connectivity index (χ2n) is 3.32. The van der Waals surface area contributed by atoms with Gasteiger partial charge in [-0.05, 0) is 18.2 Å². The number of tetrazole rings is 1. The van der Waals surface area contributed by atoms with Crippen molar-refractivity contribution >= 4 is 5.78 Å². The molecule has 78 valence electrons. The molecule has 0 aliphatic heterocycles. The highest BCUT2D eigenvalue weighted by atomic mass is 16.1. The molecule has 6 heteroatoms. The number of aryl methyl sites for hydroxylation is 1. The van der Waals surface area contributed by atoms with Crippen LogP contribution in [0, 0.1) is 0 Å². The van der Waals surface area contributed by atoms with Crippen molar-refractivity contribution in [2.24, 2.45) is 7.05 Å². The standard InChI is InChI=1S/C9H11N5O/c1-7(15)8-3-4-14(5-8)6-9-10-12-13(2)11-9/h3-5H,6H2,1-2H3. The highest BCUT2D eigenvalue weighted by Crippen LogP contribution is 2.03. The quantitative estimate of drug-likeness (QED) is 0.674. The highest BCUT2D eigenvalue weighted by molar-refractivity contribution is 5.93. The smallest absolute Gasteiger partial charge is 0.194 e. The van der Waals surface area contributed by atoms with Gasteiger partial charge in [0.25, 0.3) is 0 Å². The Morgan fingerprint density at radius 1 is 1.53 bits per heavy atom. The predicted molar refractivity (Wildman–Crippen MR) is 52.3 cm³/mol. The normalized spacial score (nSPS) is 10.5. The molecule has 15 heavy (non-hydrogen) atoms. The summed E-state index contributed by atoms with van der Waals surface area (Å²) in [6, 6.07) is 1.78. The van der Waals surface area contributed by atoms with Crippen LogP contribution in [0.4, 0.5) is 0 Å². The molecule has 0 unspecified atom stereocenters. The molecular formula is C9H11N5O. The molecule has 0 saturated heterocycles. The number of nitrogens with zero attached hydrogens (tertiary/aromatic N) is 5. The molecule has 0 N–H and O–H groups in total. The van der Waals surface area contributed by atoms with E-state index in [-0.39, 0.29) is 5.78 Å². The molecule has 0 spiro atoms. The van der Waals surface area contributed by atoms with Crippen molar-refractivity contribution in [2.75, 3.05) is 0 Å². The first-order chi connectivity index (χ1) is 7.15. The fraction of sp³-hybridized carbons (Fsp3) is 0.333. The topological polar surface area (TPSA) is 65.6 Å². The zero-order valence-corrected chi connectivity index (χ0v) is 8.58. The second kappa shape index (κ2) is 3.64. The van der Waals surface area contributed by atoms with Gasteiger partial charge in [-0.1, -0.05) is 0 Å². The van der Waals surface area contributed by atoms with Crippen molar-refractivity contribution < 1.29 is 4.79 Å².